The number of carbonyl (C=O) groups is 2. The highest BCUT2D eigenvalue weighted by molar-refractivity contribution is 5.97. The van der Waals surface area contributed by atoms with E-state index in [4.69, 9.17) is 9.47 Å². The van der Waals surface area contributed by atoms with E-state index >= 15 is 0 Å². The molecule has 1 unspecified atom stereocenters. The zero-order valence-electron chi connectivity index (χ0n) is 18.8. The minimum atomic E-state index is -0.181. The molecular formula is C23H29N5O4. The number of urea groups is 1. The maximum atomic E-state index is 13.0. The lowest BCUT2D eigenvalue weighted by Crippen LogP contribution is -2.48. The number of hydrogen-bond acceptors (Lipinski definition) is 6. The first-order valence-corrected chi connectivity index (χ1v) is 10.9. The molecule has 2 aliphatic heterocycles. The molecule has 32 heavy (non-hydrogen) atoms. The lowest BCUT2D eigenvalue weighted by atomic mass is 10.1. The third kappa shape index (κ3) is 4.76. The first-order valence-electron chi connectivity index (χ1n) is 10.9. The van der Waals surface area contributed by atoms with Crippen LogP contribution in [0.3, 0.4) is 0 Å². The van der Waals surface area contributed by atoms with Gasteiger partial charge >= 0.3 is 6.03 Å². The summed E-state index contributed by atoms with van der Waals surface area (Å²) in [6.07, 6.45) is 1.58. The van der Waals surface area contributed by atoms with Gasteiger partial charge in [-0.3, -0.25) is 9.69 Å². The standard InChI is InChI=1S/C23H29N5O4/c1-16-13-21(25-17(2)24-16)32-18-7-6-10-26(14-18)22(29)15-27-11-12-28(23(27)30)19-8-4-5-9-20(19)31-3/h4-5,8-9,13,18H,6-7,10-12,14-15H2,1-3H3. The van der Waals surface area contributed by atoms with Crippen LogP contribution < -0.4 is 14.4 Å². The Balaban J connectivity index is 1.36. The zero-order valence-corrected chi connectivity index (χ0v) is 18.8. The van der Waals surface area contributed by atoms with Gasteiger partial charge in [0.2, 0.25) is 11.8 Å². The summed E-state index contributed by atoms with van der Waals surface area (Å²) in [5, 5.41) is 0. The largest absolute Gasteiger partial charge is 0.495 e. The molecule has 0 bridgehead atoms. The Morgan fingerprint density at radius 2 is 1.97 bits per heavy atom. The summed E-state index contributed by atoms with van der Waals surface area (Å²) in [6.45, 7) is 5.96. The van der Waals surface area contributed by atoms with Crippen LogP contribution in [-0.2, 0) is 4.79 Å². The Kier molecular flexibility index (Phi) is 6.43. The van der Waals surface area contributed by atoms with Crippen LogP contribution in [0.1, 0.15) is 24.4 Å². The van der Waals surface area contributed by atoms with Gasteiger partial charge in [-0.15, -0.1) is 0 Å². The molecule has 170 valence electrons. The van der Waals surface area contributed by atoms with E-state index in [0.29, 0.717) is 43.6 Å². The maximum Gasteiger partial charge on any atom is 0.325 e. The molecule has 9 nitrogen and oxygen atoms in total. The molecule has 0 aliphatic carbocycles. The average molecular weight is 440 g/mol. The number of hydrogen-bond donors (Lipinski definition) is 0. The van der Waals surface area contributed by atoms with Crippen LogP contribution in [0.15, 0.2) is 30.3 Å². The molecule has 0 radical (unpaired) electrons. The van der Waals surface area contributed by atoms with Gasteiger partial charge in [0.15, 0.2) is 0 Å². The molecule has 1 aromatic carbocycles. The quantitative estimate of drug-likeness (QED) is 0.687. The molecule has 4 rings (SSSR count). The molecule has 2 saturated heterocycles. The molecule has 1 aromatic heterocycles. The Morgan fingerprint density at radius 1 is 1.16 bits per heavy atom. The Labute approximate surface area is 187 Å². The van der Waals surface area contributed by atoms with Crippen molar-refractivity contribution >= 4 is 17.6 Å². The summed E-state index contributed by atoms with van der Waals surface area (Å²) < 4.78 is 11.4. The Hall–Kier alpha value is -3.36. The number of carbonyl (C=O) groups excluding carboxylic acids is 2. The van der Waals surface area contributed by atoms with Crippen LogP contribution >= 0.6 is 0 Å². The van der Waals surface area contributed by atoms with Crippen molar-refractivity contribution in [2.75, 3.05) is 44.7 Å². The van der Waals surface area contributed by atoms with E-state index in [9.17, 15) is 9.59 Å². The van der Waals surface area contributed by atoms with Crippen LogP contribution in [0.4, 0.5) is 10.5 Å². The Bertz CT molecular complexity index is 978. The number of para-hydroxylation sites is 2. The van der Waals surface area contributed by atoms with Gasteiger partial charge in [0.25, 0.3) is 0 Å². The number of anilines is 1. The first kappa shape index (κ1) is 21.9. The van der Waals surface area contributed by atoms with E-state index in [1.54, 1.807) is 21.8 Å². The number of amides is 3. The van der Waals surface area contributed by atoms with E-state index in [0.717, 1.165) is 24.2 Å². The summed E-state index contributed by atoms with van der Waals surface area (Å²) in [5.41, 5.74) is 1.57. The predicted octanol–water partition coefficient (Wildman–Crippen LogP) is 2.41. The van der Waals surface area contributed by atoms with Crippen molar-refractivity contribution < 1.29 is 19.1 Å². The SMILES string of the molecule is COc1ccccc1N1CCN(CC(=O)N2CCCC(Oc3cc(C)nc(C)n3)C2)C1=O. The van der Waals surface area contributed by atoms with Crippen molar-refractivity contribution in [1.82, 2.24) is 19.8 Å². The molecule has 3 heterocycles. The normalized spacial score (nSPS) is 18.8. The van der Waals surface area contributed by atoms with E-state index in [1.807, 2.05) is 44.2 Å². The second kappa shape index (κ2) is 9.42. The van der Waals surface area contributed by atoms with E-state index < -0.39 is 0 Å². The van der Waals surface area contributed by atoms with Crippen molar-refractivity contribution in [3.63, 3.8) is 0 Å². The molecule has 0 saturated carbocycles. The Morgan fingerprint density at radius 3 is 2.75 bits per heavy atom. The van der Waals surface area contributed by atoms with Crippen molar-refractivity contribution in [3.8, 4) is 11.6 Å². The summed E-state index contributed by atoms with van der Waals surface area (Å²) in [7, 11) is 1.58. The van der Waals surface area contributed by atoms with Crippen molar-refractivity contribution in [2.24, 2.45) is 0 Å². The number of nitrogens with zero attached hydrogens (tertiary/aromatic N) is 5. The smallest absolute Gasteiger partial charge is 0.325 e. The van der Waals surface area contributed by atoms with Gasteiger partial charge in [-0.2, -0.15) is 4.98 Å². The topological polar surface area (TPSA) is 88.1 Å². The molecule has 0 N–H and O–H groups in total. The third-order valence-corrected chi connectivity index (χ3v) is 5.76. The number of methoxy groups -OCH3 is 1. The number of aryl methyl sites for hydroxylation is 2. The molecule has 3 amide bonds. The minimum absolute atomic E-state index is 0.0585. The predicted molar refractivity (Wildman–Crippen MR) is 119 cm³/mol. The average Bonchev–Trinajstić information content (AvgIpc) is 3.13. The van der Waals surface area contributed by atoms with Crippen LogP contribution in [0.5, 0.6) is 11.6 Å². The fourth-order valence-corrected chi connectivity index (χ4v) is 4.24. The van der Waals surface area contributed by atoms with Gasteiger partial charge in [-0.05, 0) is 38.8 Å². The number of piperidine rings is 1. The van der Waals surface area contributed by atoms with E-state index in [2.05, 4.69) is 9.97 Å². The molecular weight excluding hydrogens is 410 g/mol. The molecule has 2 fully saturated rings. The number of ether oxygens (including phenoxy) is 2. The van der Waals surface area contributed by atoms with Gasteiger partial charge in [-0.1, -0.05) is 12.1 Å². The fraction of sp³-hybridized carbons (Fsp3) is 0.478. The molecule has 0 spiro atoms. The summed E-state index contributed by atoms with van der Waals surface area (Å²) >= 11 is 0. The number of rotatable bonds is 6. The van der Waals surface area contributed by atoms with Gasteiger partial charge < -0.3 is 19.3 Å². The molecule has 2 aromatic rings. The third-order valence-electron chi connectivity index (χ3n) is 5.76. The van der Waals surface area contributed by atoms with Gasteiger partial charge in [-0.25, -0.2) is 9.78 Å². The van der Waals surface area contributed by atoms with Crippen molar-refractivity contribution in [3.05, 3.63) is 41.9 Å². The lowest BCUT2D eigenvalue weighted by molar-refractivity contribution is -0.134. The summed E-state index contributed by atoms with van der Waals surface area (Å²) in [6, 6.07) is 9.04. The summed E-state index contributed by atoms with van der Waals surface area (Å²) in [4.78, 5) is 39.6. The van der Waals surface area contributed by atoms with Crippen LogP contribution in [0, 0.1) is 13.8 Å². The number of benzene rings is 1. The second-order valence-electron chi connectivity index (χ2n) is 8.14. The van der Waals surface area contributed by atoms with Crippen molar-refractivity contribution in [1.29, 1.82) is 0 Å². The van der Waals surface area contributed by atoms with Crippen LogP contribution in [-0.4, -0.2) is 77.6 Å². The maximum absolute atomic E-state index is 13.0. The second-order valence-corrected chi connectivity index (χ2v) is 8.14. The molecule has 9 heteroatoms. The highest BCUT2D eigenvalue weighted by atomic mass is 16.5. The first-order chi connectivity index (χ1) is 15.4. The minimum Gasteiger partial charge on any atom is -0.495 e. The molecule has 2 aliphatic rings. The fourth-order valence-electron chi connectivity index (χ4n) is 4.24. The van der Waals surface area contributed by atoms with E-state index in [-0.39, 0.29) is 24.6 Å². The van der Waals surface area contributed by atoms with Gasteiger partial charge in [0.05, 0.1) is 19.3 Å². The van der Waals surface area contributed by atoms with E-state index in [1.165, 1.54) is 0 Å². The number of likely N-dealkylation sites (tertiary alicyclic amines) is 1. The highest BCUT2D eigenvalue weighted by Crippen LogP contribution is 2.30. The van der Waals surface area contributed by atoms with Crippen molar-refractivity contribution in [2.45, 2.75) is 32.8 Å². The van der Waals surface area contributed by atoms with Gasteiger partial charge in [0.1, 0.15) is 24.2 Å². The lowest BCUT2D eigenvalue weighted by Gasteiger charge is -2.33. The zero-order chi connectivity index (χ0) is 22.7. The van der Waals surface area contributed by atoms with Gasteiger partial charge in [0, 0.05) is 31.4 Å². The van der Waals surface area contributed by atoms with Crippen LogP contribution in [0.2, 0.25) is 0 Å². The van der Waals surface area contributed by atoms with Crippen LogP contribution in [0.25, 0.3) is 0 Å². The summed E-state index contributed by atoms with van der Waals surface area (Å²) in [5.74, 6) is 1.77. The number of aromatic nitrogens is 2. The monoisotopic (exact) mass is 439 g/mol. The molecule has 1 atom stereocenters. The highest BCUT2D eigenvalue weighted by Gasteiger charge is 2.34.